The fourth-order valence-electron chi connectivity index (χ4n) is 4.16. The molecule has 3 aromatic carbocycles. The van der Waals surface area contributed by atoms with Gasteiger partial charge in [-0.25, -0.2) is 4.39 Å². The molecule has 7 heteroatoms. The van der Waals surface area contributed by atoms with Gasteiger partial charge in [0.15, 0.2) is 0 Å². The van der Waals surface area contributed by atoms with E-state index in [9.17, 15) is 19.1 Å². The van der Waals surface area contributed by atoms with Gasteiger partial charge in [0.1, 0.15) is 17.7 Å². The lowest BCUT2D eigenvalue weighted by Crippen LogP contribution is -2.38. The van der Waals surface area contributed by atoms with Gasteiger partial charge in [-0.3, -0.25) is 14.2 Å². The number of nitrogens with zero attached hydrogens (tertiary/aromatic N) is 1. The Bertz CT molecular complexity index is 1500. The van der Waals surface area contributed by atoms with Crippen molar-refractivity contribution in [3.05, 3.63) is 135 Å². The summed E-state index contributed by atoms with van der Waals surface area (Å²) in [5, 5.41) is 12.7. The van der Waals surface area contributed by atoms with E-state index in [1.807, 2.05) is 42.5 Å². The number of pyridine rings is 1. The summed E-state index contributed by atoms with van der Waals surface area (Å²) < 4.78 is 15.1. The third-order valence-electron chi connectivity index (χ3n) is 6.29. The van der Waals surface area contributed by atoms with Gasteiger partial charge >= 0.3 is 5.97 Å². The summed E-state index contributed by atoms with van der Waals surface area (Å²) in [7, 11) is 0. The minimum atomic E-state index is -0.923. The average Bonchev–Trinajstić information content (AvgIpc) is 2.89. The highest BCUT2D eigenvalue weighted by atomic mass is 19.1. The number of carboxylic acids is 1. The van der Waals surface area contributed by atoms with Crippen LogP contribution in [0.2, 0.25) is 0 Å². The molecule has 0 fully saturated rings. The molecule has 0 spiro atoms. The molecule has 37 heavy (non-hydrogen) atoms. The molecule has 1 atom stereocenters. The van der Waals surface area contributed by atoms with Crippen LogP contribution in [0, 0.1) is 12.7 Å². The number of aliphatic carboxylic acids is 1. The fourth-order valence-corrected chi connectivity index (χ4v) is 4.16. The van der Waals surface area contributed by atoms with E-state index in [1.54, 1.807) is 37.3 Å². The molecule has 6 nitrogen and oxygen atoms in total. The van der Waals surface area contributed by atoms with Crippen LogP contribution in [0.4, 0.5) is 10.2 Å². The molecule has 0 aliphatic rings. The maximum Gasteiger partial charge on any atom is 0.321 e. The molecular formula is C30H28FN3O3. The van der Waals surface area contributed by atoms with E-state index in [4.69, 9.17) is 5.73 Å². The van der Waals surface area contributed by atoms with Gasteiger partial charge in [0.25, 0.3) is 5.56 Å². The van der Waals surface area contributed by atoms with E-state index in [2.05, 4.69) is 11.9 Å². The topological polar surface area (TPSA) is 97.3 Å². The smallest absolute Gasteiger partial charge is 0.321 e. The van der Waals surface area contributed by atoms with Gasteiger partial charge in [-0.15, -0.1) is 0 Å². The van der Waals surface area contributed by atoms with Crippen LogP contribution in [0.15, 0.2) is 96.3 Å². The summed E-state index contributed by atoms with van der Waals surface area (Å²) in [5.41, 5.74) is 10.8. The van der Waals surface area contributed by atoms with Gasteiger partial charge in [0, 0.05) is 18.2 Å². The molecule has 0 saturated carbocycles. The van der Waals surface area contributed by atoms with E-state index in [1.165, 1.54) is 16.7 Å². The first-order chi connectivity index (χ1) is 17.7. The standard InChI is InChI=1S/C30H28FN3O3/c1-19-16-23(10-14-26(19)31)20(2)25-13-15-28(35)34(29(25)32)24-11-8-22(9-12-24)18-33-27(30(36)37)17-21-6-4-3-5-7-21/h3-16,27,33H,2,17-18,32H2,1H3,(H,36,37)/t27-/m0/s1. The number of hydrogen-bond acceptors (Lipinski definition) is 4. The van der Waals surface area contributed by atoms with E-state index in [-0.39, 0.29) is 17.2 Å². The second kappa shape index (κ2) is 11.1. The van der Waals surface area contributed by atoms with Crippen molar-refractivity contribution < 1.29 is 14.3 Å². The third-order valence-corrected chi connectivity index (χ3v) is 6.29. The first-order valence-electron chi connectivity index (χ1n) is 11.8. The highest BCUT2D eigenvalue weighted by Gasteiger charge is 2.18. The number of aryl methyl sites for hydroxylation is 1. The predicted molar refractivity (Wildman–Crippen MR) is 144 cm³/mol. The monoisotopic (exact) mass is 497 g/mol. The van der Waals surface area contributed by atoms with Crippen molar-refractivity contribution in [1.82, 2.24) is 9.88 Å². The maximum absolute atomic E-state index is 13.7. The fraction of sp³-hybridized carbons (Fsp3) is 0.133. The lowest BCUT2D eigenvalue weighted by Gasteiger charge is -2.17. The van der Waals surface area contributed by atoms with Crippen molar-refractivity contribution in [2.45, 2.75) is 25.9 Å². The maximum atomic E-state index is 13.7. The number of aromatic nitrogens is 1. The van der Waals surface area contributed by atoms with Crippen molar-refractivity contribution in [2.75, 3.05) is 5.73 Å². The van der Waals surface area contributed by atoms with Gasteiger partial charge in [-0.05, 0) is 71.5 Å². The molecule has 188 valence electrons. The average molecular weight is 498 g/mol. The van der Waals surface area contributed by atoms with Crippen LogP contribution >= 0.6 is 0 Å². The minimum Gasteiger partial charge on any atom is -0.480 e. The molecule has 0 radical (unpaired) electrons. The van der Waals surface area contributed by atoms with Crippen molar-refractivity contribution >= 4 is 17.4 Å². The zero-order chi connectivity index (χ0) is 26.5. The molecule has 0 unspecified atom stereocenters. The van der Waals surface area contributed by atoms with Crippen LogP contribution in [0.25, 0.3) is 11.3 Å². The molecule has 0 aliphatic carbocycles. The number of nitrogens with one attached hydrogen (secondary N) is 1. The Morgan fingerprint density at radius 2 is 1.73 bits per heavy atom. The molecule has 4 N–H and O–H groups in total. The lowest BCUT2D eigenvalue weighted by atomic mass is 9.98. The van der Waals surface area contributed by atoms with Crippen LogP contribution in [-0.4, -0.2) is 21.7 Å². The number of benzene rings is 3. The summed E-state index contributed by atoms with van der Waals surface area (Å²) in [6.07, 6.45) is 0.366. The first kappa shape index (κ1) is 25.6. The molecule has 4 aromatic rings. The summed E-state index contributed by atoms with van der Waals surface area (Å²) in [4.78, 5) is 24.4. The van der Waals surface area contributed by atoms with Crippen LogP contribution in [-0.2, 0) is 17.8 Å². The number of hydrogen-bond donors (Lipinski definition) is 3. The molecule has 1 aromatic heterocycles. The van der Waals surface area contributed by atoms with Gasteiger partial charge < -0.3 is 16.2 Å². The molecule has 0 bridgehead atoms. The molecular weight excluding hydrogens is 469 g/mol. The quantitative estimate of drug-likeness (QED) is 0.311. The zero-order valence-corrected chi connectivity index (χ0v) is 20.4. The largest absolute Gasteiger partial charge is 0.480 e. The van der Waals surface area contributed by atoms with Gasteiger partial charge in [0.05, 0.1) is 5.69 Å². The third kappa shape index (κ3) is 5.85. The zero-order valence-electron chi connectivity index (χ0n) is 20.4. The first-order valence-corrected chi connectivity index (χ1v) is 11.8. The van der Waals surface area contributed by atoms with E-state index >= 15 is 0 Å². The van der Waals surface area contributed by atoms with E-state index in [0.29, 0.717) is 40.9 Å². The molecule has 0 amide bonds. The Morgan fingerprint density at radius 1 is 1.03 bits per heavy atom. The number of nitrogens with two attached hydrogens (primary N) is 1. The van der Waals surface area contributed by atoms with Crippen LogP contribution in [0.1, 0.15) is 27.8 Å². The van der Waals surface area contributed by atoms with Crippen molar-refractivity contribution in [2.24, 2.45) is 0 Å². The van der Waals surface area contributed by atoms with E-state index in [0.717, 1.165) is 11.1 Å². The van der Waals surface area contributed by atoms with Crippen LogP contribution in [0.3, 0.4) is 0 Å². The van der Waals surface area contributed by atoms with Crippen LogP contribution in [0.5, 0.6) is 0 Å². The SMILES string of the molecule is C=C(c1ccc(F)c(C)c1)c1ccc(=O)n(-c2ccc(CN[C@@H](Cc3ccccc3)C(=O)O)cc2)c1N. The minimum absolute atomic E-state index is 0.221. The molecule has 0 saturated heterocycles. The van der Waals surface area contributed by atoms with Gasteiger partial charge in [-0.1, -0.05) is 55.1 Å². The molecule has 1 heterocycles. The Kier molecular flexibility index (Phi) is 7.65. The Hall–Kier alpha value is -4.49. The number of carbonyl (C=O) groups is 1. The number of nitrogen functional groups attached to an aromatic ring is 1. The van der Waals surface area contributed by atoms with Gasteiger partial charge in [0.2, 0.25) is 0 Å². The van der Waals surface area contributed by atoms with Gasteiger partial charge in [-0.2, -0.15) is 0 Å². The highest BCUT2D eigenvalue weighted by Crippen LogP contribution is 2.28. The number of anilines is 1. The highest BCUT2D eigenvalue weighted by molar-refractivity contribution is 5.83. The lowest BCUT2D eigenvalue weighted by molar-refractivity contribution is -0.139. The summed E-state index contributed by atoms with van der Waals surface area (Å²) in [6.45, 7) is 6.13. The normalized spacial score (nSPS) is 11.7. The Morgan fingerprint density at radius 3 is 2.38 bits per heavy atom. The number of carboxylic acid groups (broad SMARTS) is 1. The summed E-state index contributed by atoms with van der Waals surface area (Å²) in [6, 6.07) is 23.6. The Labute approximate surface area is 214 Å². The molecule has 4 rings (SSSR count). The molecule has 0 aliphatic heterocycles. The van der Waals surface area contributed by atoms with Crippen molar-refractivity contribution in [1.29, 1.82) is 0 Å². The number of halogens is 1. The summed E-state index contributed by atoms with van der Waals surface area (Å²) in [5.74, 6) is -1.01. The van der Waals surface area contributed by atoms with E-state index < -0.39 is 12.0 Å². The Balaban J connectivity index is 1.53. The number of rotatable bonds is 9. The van der Waals surface area contributed by atoms with Crippen molar-refractivity contribution in [3.8, 4) is 5.69 Å². The summed E-state index contributed by atoms with van der Waals surface area (Å²) >= 11 is 0. The second-order valence-corrected chi connectivity index (χ2v) is 8.88. The predicted octanol–water partition coefficient (Wildman–Crippen LogP) is 4.71. The van der Waals surface area contributed by atoms with Crippen LogP contribution < -0.4 is 16.6 Å². The van der Waals surface area contributed by atoms with Crippen molar-refractivity contribution in [3.63, 3.8) is 0 Å². The second-order valence-electron chi connectivity index (χ2n) is 8.88.